The molecule has 1 saturated heterocycles. The van der Waals surface area contributed by atoms with E-state index in [0.29, 0.717) is 0 Å². The van der Waals surface area contributed by atoms with Gasteiger partial charge in [-0.15, -0.1) is 0 Å². The lowest BCUT2D eigenvalue weighted by Gasteiger charge is -2.07. The topological polar surface area (TPSA) is 38.3 Å². The summed E-state index contributed by atoms with van der Waals surface area (Å²) < 4.78 is 5.30. The van der Waals surface area contributed by atoms with E-state index in [0.717, 1.165) is 12.8 Å². The number of carbonyl (C=O) groups excluding carboxylic acids is 1. The Hall–Kier alpha value is -0.570. The van der Waals surface area contributed by atoms with Crippen molar-refractivity contribution in [1.29, 1.82) is 0 Å². The Labute approximate surface area is 60.7 Å². The highest BCUT2D eigenvalue weighted by atomic mass is 16.5. The van der Waals surface area contributed by atoms with Crippen LogP contribution in [0.3, 0.4) is 0 Å². The van der Waals surface area contributed by atoms with Gasteiger partial charge in [0.25, 0.3) is 0 Å². The van der Waals surface area contributed by atoms with Crippen LogP contribution in [0.25, 0.3) is 0 Å². The Morgan fingerprint density at radius 3 is 2.70 bits per heavy atom. The number of rotatable bonds is 1. The molecule has 0 radical (unpaired) electrons. The van der Waals surface area contributed by atoms with Gasteiger partial charge in [0, 0.05) is 7.05 Å². The lowest BCUT2D eigenvalue weighted by atomic mass is 10.2. The summed E-state index contributed by atoms with van der Waals surface area (Å²) in [5.41, 5.74) is 0. The third kappa shape index (κ3) is 1.48. The molecule has 3 heteroatoms. The standard InChI is InChI=1S/C7H13NO2/c1-5-3-4-6(10-5)7(9)8-2/h5-6H,3-4H2,1-2H3,(H,8,9)/t5-,6-/m0/s1. The van der Waals surface area contributed by atoms with Crippen molar-refractivity contribution in [3.63, 3.8) is 0 Å². The van der Waals surface area contributed by atoms with Crippen molar-refractivity contribution in [3.05, 3.63) is 0 Å². The van der Waals surface area contributed by atoms with Gasteiger partial charge in [-0.2, -0.15) is 0 Å². The molecule has 2 atom stereocenters. The van der Waals surface area contributed by atoms with E-state index in [4.69, 9.17) is 4.74 Å². The number of likely N-dealkylation sites (N-methyl/N-ethyl adjacent to an activating group) is 1. The van der Waals surface area contributed by atoms with Gasteiger partial charge in [0.2, 0.25) is 5.91 Å². The lowest BCUT2D eigenvalue weighted by molar-refractivity contribution is -0.131. The highest BCUT2D eigenvalue weighted by Crippen LogP contribution is 2.18. The maximum absolute atomic E-state index is 10.9. The van der Waals surface area contributed by atoms with Gasteiger partial charge in [0.15, 0.2) is 0 Å². The molecule has 58 valence electrons. The summed E-state index contributed by atoms with van der Waals surface area (Å²) in [6.45, 7) is 1.99. The molecule has 0 spiro atoms. The second-order valence-corrected chi connectivity index (χ2v) is 2.63. The van der Waals surface area contributed by atoms with E-state index in [2.05, 4.69) is 5.32 Å². The Morgan fingerprint density at radius 1 is 1.60 bits per heavy atom. The molecule has 1 rings (SSSR count). The minimum atomic E-state index is -0.194. The summed E-state index contributed by atoms with van der Waals surface area (Å²) in [6, 6.07) is 0. The summed E-state index contributed by atoms with van der Waals surface area (Å²) >= 11 is 0. The van der Waals surface area contributed by atoms with Crippen molar-refractivity contribution in [2.24, 2.45) is 0 Å². The summed E-state index contributed by atoms with van der Waals surface area (Å²) in [5, 5.41) is 2.56. The molecule has 1 heterocycles. The molecule has 0 unspecified atom stereocenters. The Kier molecular flexibility index (Phi) is 2.27. The average Bonchev–Trinajstić information content (AvgIpc) is 2.34. The van der Waals surface area contributed by atoms with Crippen molar-refractivity contribution in [2.75, 3.05) is 7.05 Å². The second kappa shape index (κ2) is 3.01. The molecule has 0 aromatic carbocycles. The number of amides is 1. The van der Waals surface area contributed by atoms with E-state index in [9.17, 15) is 4.79 Å². The van der Waals surface area contributed by atoms with Crippen LogP contribution in [0.5, 0.6) is 0 Å². The Bertz CT molecular complexity index is 136. The van der Waals surface area contributed by atoms with Gasteiger partial charge in [-0.1, -0.05) is 0 Å². The number of hydrogen-bond acceptors (Lipinski definition) is 2. The fourth-order valence-corrected chi connectivity index (χ4v) is 1.16. The van der Waals surface area contributed by atoms with Crippen LogP contribution in [0.15, 0.2) is 0 Å². The summed E-state index contributed by atoms with van der Waals surface area (Å²) in [6.07, 6.45) is 1.92. The zero-order valence-corrected chi connectivity index (χ0v) is 6.39. The van der Waals surface area contributed by atoms with E-state index in [1.807, 2.05) is 6.92 Å². The van der Waals surface area contributed by atoms with Gasteiger partial charge in [-0.3, -0.25) is 4.79 Å². The van der Waals surface area contributed by atoms with Crippen LogP contribution in [0.4, 0.5) is 0 Å². The maximum atomic E-state index is 10.9. The average molecular weight is 143 g/mol. The lowest BCUT2D eigenvalue weighted by Crippen LogP contribution is -2.31. The monoisotopic (exact) mass is 143 g/mol. The fourth-order valence-electron chi connectivity index (χ4n) is 1.16. The van der Waals surface area contributed by atoms with Crippen LogP contribution in [-0.2, 0) is 9.53 Å². The number of hydrogen-bond donors (Lipinski definition) is 1. The first-order chi connectivity index (χ1) is 4.74. The third-order valence-electron chi connectivity index (χ3n) is 1.77. The van der Waals surface area contributed by atoms with Crippen molar-refractivity contribution in [1.82, 2.24) is 5.32 Å². The minimum Gasteiger partial charge on any atom is -0.365 e. The molecule has 0 bridgehead atoms. The molecular formula is C7H13NO2. The number of ether oxygens (including phenoxy) is 1. The fraction of sp³-hybridized carbons (Fsp3) is 0.857. The first-order valence-corrected chi connectivity index (χ1v) is 3.61. The number of carbonyl (C=O) groups is 1. The van der Waals surface area contributed by atoms with Crippen LogP contribution >= 0.6 is 0 Å². The third-order valence-corrected chi connectivity index (χ3v) is 1.77. The van der Waals surface area contributed by atoms with Gasteiger partial charge < -0.3 is 10.1 Å². The first-order valence-electron chi connectivity index (χ1n) is 3.61. The predicted molar refractivity (Wildman–Crippen MR) is 37.6 cm³/mol. The molecule has 0 aromatic heterocycles. The van der Waals surface area contributed by atoms with E-state index in [1.54, 1.807) is 7.05 Å². The molecule has 0 aromatic rings. The molecule has 3 nitrogen and oxygen atoms in total. The normalized spacial score (nSPS) is 32.2. The Balaban J connectivity index is 2.37. The van der Waals surface area contributed by atoms with Gasteiger partial charge in [0.1, 0.15) is 6.10 Å². The van der Waals surface area contributed by atoms with Crippen LogP contribution in [0, 0.1) is 0 Å². The van der Waals surface area contributed by atoms with Crippen LogP contribution in [-0.4, -0.2) is 25.2 Å². The summed E-state index contributed by atoms with van der Waals surface area (Å²) in [7, 11) is 1.63. The predicted octanol–water partition coefficient (Wildman–Crippen LogP) is 0.300. The smallest absolute Gasteiger partial charge is 0.248 e. The molecule has 1 N–H and O–H groups in total. The molecule has 1 amide bonds. The zero-order valence-electron chi connectivity index (χ0n) is 6.39. The van der Waals surface area contributed by atoms with Crippen molar-refractivity contribution in [2.45, 2.75) is 32.0 Å². The van der Waals surface area contributed by atoms with E-state index in [-0.39, 0.29) is 18.1 Å². The second-order valence-electron chi connectivity index (χ2n) is 2.63. The molecule has 1 aliphatic heterocycles. The molecule has 1 aliphatic rings. The minimum absolute atomic E-state index is 0.00403. The highest BCUT2D eigenvalue weighted by Gasteiger charge is 2.26. The molecule has 0 aliphatic carbocycles. The zero-order chi connectivity index (χ0) is 7.56. The SMILES string of the molecule is CNC(=O)[C@@H]1CC[C@H](C)O1. The summed E-state index contributed by atoms with van der Waals surface area (Å²) in [5.74, 6) is 0.00403. The van der Waals surface area contributed by atoms with Crippen LogP contribution < -0.4 is 5.32 Å². The maximum Gasteiger partial charge on any atom is 0.248 e. The van der Waals surface area contributed by atoms with Crippen molar-refractivity contribution in [3.8, 4) is 0 Å². The van der Waals surface area contributed by atoms with E-state index in [1.165, 1.54) is 0 Å². The largest absolute Gasteiger partial charge is 0.365 e. The van der Waals surface area contributed by atoms with Crippen molar-refractivity contribution < 1.29 is 9.53 Å². The molecule has 10 heavy (non-hydrogen) atoms. The van der Waals surface area contributed by atoms with Gasteiger partial charge in [-0.25, -0.2) is 0 Å². The Morgan fingerprint density at radius 2 is 2.30 bits per heavy atom. The quantitative estimate of drug-likeness (QED) is 0.573. The van der Waals surface area contributed by atoms with E-state index >= 15 is 0 Å². The van der Waals surface area contributed by atoms with Crippen molar-refractivity contribution >= 4 is 5.91 Å². The number of nitrogens with one attached hydrogen (secondary N) is 1. The molecule has 0 saturated carbocycles. The highest BCUT2D eigenvalue weighted by molar-refractivity contribution is 5.80. The van der Waals surface area contributed by atoms with Gasteiger partial charge >= 0.3 is 0 Å². The summed E-state index contributed by atoms with van der Waals surface area (Å²) in [4.78, 5) is 10.9. The van der Waals surface area contributed by atoms with Crippen LogP contribution in [0.1, 0.15) is 19.8 Å². The van der Waals surface area contributed by atoms with E-state index < -0.39 is 0 Å². The van der Waals surface area contributed by atoms with Gasteiger partial charge in [-0.05, 0) is 19.8 Å². The first kappa shape index (κ1) is 7.54. The molecule has 1 fully saturated rings. The van der Waals surface area contributed by atoms with Crippen LogP contribution in [0.2, 0.25) is 0 Å². The van der Waals surface area contributed by atoms with Gasteiger partial charge in [0.05, 0.1) is 6.10 Å². The molecular weight excluding hydrogens is 130 g/mol.